The Bertz CT molecular complexity index is 1020. The Labute approximate surface area is 180 Å². The van der Waals surface area contributed by atoms with E-state index in [1.54, 1.807) is 0 Å². The minimum absolute atomic E-state index is 0.0810. The molecule has 0 bridgehead atoms. The van der Waals surface area contributed by atoms with Gasteiger partial charge in [-0.3, -0.25) is 4.79 Å². The molecule has 30 heavy (non-hydrogen) atoms. The number of nitrogens with zero attached hydrogens (tertiary/aromatic N) is 3. The van der Waals surface area contributed by atoms with Gasteiger partial charge in [-0.25, -0.2) is 4.68 Å². The Hall–Kier alpha value is -3.00. The Morgan fingerprint density at radius 2 is 1.87 bits per heavy atom. The van der Waals surface area contributed by atoms with Gasteiger partial charge in [0.1, 0.15) is 16.8 Å². The third kappa shape index (κ3) is 4.14. The Kier molecular flexibility index (Phi) is 5.94. The zero-order valence-electron chi connectivity index (χ0n) is 17.3. The lowest BCUT2D eigenvalue weighted by molar-refractivity contribution is -0.116. The number of thioether (sulfide) groups is 1. The Morgan fingerprint density at radius 1 is 1.13 bits per heavy atom. The van der Waals surface area contributed by atoms with Crippen molar-refractivity contribution in [3.8, 4) is 5.75 Å². The van der Waals surface area contributed by atoms with Crippen LogP contribution < -0.4 is 15.5 Å². The molecule has 3 aromatic rings. The molecule has 0 radical (unpaired) electrons. The van der Waals surface area contributed by atoms with Gasteiger partial charge in [0.2, 0.25) is 11.1 Å². The first kappa shape index (κ1) is 20.3. The first-order chi connectivity index (χ1) is 14.6. The first-order valence-electron chi connectivity index (χ1n) is 10.1. The van der Waals surface area contributed by atoms with Gasteiger partial charge in [0.25, 0.3) is 0 Å². The number of amides is 1. The highest BCUT2D eigenvalue weighted by Gasteiger charge is 2.37. The summed E-state index contributed by atoms with van der Waals surface area (Å²) in [4.78, 5) is 13.2. The van der Waals surface area contributed by atoms with E-state index in [-0.39, 0.29) is 11.9 Å². The monoisotopic (exact) mass is 423 g/mol. The van der Waals surface area contributed by atoms with Crippen LogP contribution in [0.3, 0.4) is 0 Å². The molecule has 0 saturated carbocycles. The van der Waals surface area contributed by atoms with Crippen molar-refractivity contribution in [1.82, 2.24) is 14.9 Å². The van der Waals surface area contributed by atoms with E-state index in [1.165, 1.54) is 17.3 Å². The van der Waals surface area contributed by atoms with Crippen molar-refractivity contribution in [3.63, 3.8) is 0 Å². The fourth-order valence-electron chi connectivity index (χ4n) is 3.39. The standard InChI is InChI=1S/C22H25N5O2S/c1-4-15-6-10-17(11-7-15)23-21(28)20-19(16-8-12-18(13-9-16)29-5-2)26-27-14(3)24-25-22(27)30-20/h6-13,19-20,26H,4-5H2,1-3H3,(H,23,28)/t19-,20-/m0/s1. The van der Waals surface area contributed by atoms with E-state index < -0.39 is 5.25 Å². The molecule has 8 heteroatoms. The summed E-state index contributed by atoms with van der Waals surface area (Å²) in [6.45, 7) is 6.56. The molecule has 4 rings (SSSR count). The number of rotatable bonds is 6. The highest BCUT2D eigenvalue weighted by molar-refractivity contribution is 8.00. The maximum atomic E-state index is 13.2. The summed E-state index contributed by atoms with van der Waals surface area (Å²) in [7, 11) is 0. The number of ether oxygens (including phenoxy) is 1. The summed E-state index contributed by atoms with van der Waals surface area (Å²) in [5, 5.41) is 11.7. The number of hydrogen-bond donors (Lipinski definition) is 2. The van der Waals surface area contributed by atoms with Crippen LogP contribution in [0.4, 0.5) is 5.69 Å². The number of aryl methyl sites for hydroxylation is 2. The maximum Gasteiger partial charge on any atom is 0.240 e. The van der Waals surface area contributed by atoms with Crippen LogP contribution in [0.2, 0.25) is 0 Å². The Balaban J connectivity index is 1.61. The van der Waals surface area contributed by atoms with Crippen LogP contribution in [0.15, 0.2) is 53.7 Å². The van der Waals surface area contributed by atoms with E-state index in [0.29, 0.717) is 11.8 Å². The molecule has 0 aliphatic carbocycles. The molecule has 2 heterocycles. The largest absolute Gasteiger partial charge is 0.494 e. The van der Waals surface area contributed by atoms with Gasteiger partial charge in [0, 0.05) is 5.69 Å². The van der Waals surface area contributed by atoms with Crippen molar-refractivity contribution in [2.45, 2.75) is 43.6 Å². The zero-order chi connectivity index (χ0) is 21.1. The van der Waals surface area contributed by atoms with Gasteiger partial charge in [-0.2, -0.15) is 0 Å². The molecule has 2 atom stereocenters. The lowest BCUT2D eigenvalue weighted by atomic mass is 10.0. The van der Waals surface area contributed by atoms with Crippen LogP contribution in [-0.4, -0.2) is 32.6 Å². The second-order valence-electron chi connectivity index (χ2n) is 7.05. The normalized spacial score (nSPS) is 17.7. The summed E-state index contributed by atoms with van der Waals surface area (Å²) in [5.41, 5.74) is 6.43. The van der Waals surface area contributed by atoms with Gasteiger partial charge in [-0.05, 0) is 55.7 Å². The SMILES string of the molecule is CCOc1ccc([C@@H]2Nn3c(C)nnc3S[C@@H]2C(=O)Nc2ccc(CC)cc2)cc1. The molecule has 1 amide bonds. The molecule has 0 unspecified atom stereocenters. The lowest BCUT2D eigenvalue weighted by Crippen LogP contribution is -2.41. The number of fused-ring (bicyclic) bond motifs is 1. The molecule has 2 N–H and O–H groups in total. The average molecular weight is 424 g/mol. The van der Waals surface area contributed by atoms with Gasteiger partial charge >= 0.3 is 0 Å². The van der Waals surface area contributed by atoms with Gasteiger partial charge in [-0.1, -0.05) is 43.0 Å². The number of carbonyl (C=O) groups is 1. The molecule has 2 aromatic carbocycles. The van der Waals surface area contributed by atoms with Crippen LogP contribution in [0.1, 0.15) is 36.8 Å². The zero-order valence-corrected chi connectivity index (χ0v) is 18.1. The third-order valence-corrected chi connectivity index (χ3v) is 6.25. The molecule has 7 nitrogen and oxygen atoms in total. The quantitative estimate of drug-likeness (QED) is 0.625. The average Bonchev–Trinajstić information content (AvgIpc) is 3.14. The number of aromatic nitrogens is 3. The van der Waals surface area contributed by atoms with Crippen molar-refractivity contribution in [2.75, 3.05) is 17.3 Å². The highest BCUT2D eigenvalue weighted by Crippen LogP contribution is 2.37. The molecule has 0 saturated heterocycles. The third-order valence-electron chi connectivity index (χ3n) is 5.04. The summed E-state index contributed by atoms with van der Waals surface area (Å²) >= 11 is 1.41. The van der Waals surface area contributed by atoms with Crippen LogP contribution in [0.25, 0.3) is 0 Å². The fourth-order valence-corrected chi connectivity index (χ4v) is 4.51. The van der Waals surface area contributed by atoms with Crippen LogP contribution >= 0.6 is 11.8 Å². The second-order valence-corrected chi connectivity index (χ2v) is 8.16. The van der Waals surface area contributed by atoms with Crippen molar-refractivity contribution >= 4 is 23.4 Å². The van der Waals surface area contributed by atoms with Crippen LogP contribution in [-0.2, 0) is 11.2 Å². The molecule has 156 valence electrons. The van der Waals surface area contributed by atoms with Crippen molar-refractivity contribution in [2.24, 2.45) is 0 Å². The number of nitrogens with one attached hydrogen (secondary N) is 2. The van der Waals surface area contributed by atoms with E-state index in [2.05, 4.69) is 27.9 Å². The molecular weight excluding hydrogens is 398 g/mol. The van der Waals surface area contributed by atoms with Crippen molar-refractivity contribution < 1.29 is 9.53 Å². The summed E-state index contributed by atoms with van der Waals surface area (Å²) < 4.78 is 7.39. The van der Waals surface area contributed by atoms with Gasteiger partial charge in [0.15, 0.2) is 0 Å². The van der Waals surface area contributed by atoms with E-state index in [0.717, 1.165) is 29.2 Å². The molecule has 0 fully saturated rings. The maximum absolute atomic E-state index is 13.2. The number of benzene rings is 2. The summed E-state index contributed by atoms with van der Waals surface area (Å²) in [6.07, 6.45) is 0.964. The molecule has 1 aliphatic rings. The second kappa shape index (κ2) is 8.79. The lowest BCUT2D eigenvalue weighted by Gasteiger charge is -2.32. The Morgan fingerprint density at radius 3 is 2.53 bits per heavy atom. The van der Waals surface area contributed by atoms with E-state index in [9.17, 15) is 4.79 Å². The smallest absolute Gasteiger partial charge is 0.240 e. The van der Waals surface area contributed by atoms with E-state index in [4.69, 9.17) is 4.74 Å². The molecule has 1 aliphatic heterocycles. The number of anilines is 1. The summed E-state index contributed by atoms with van der Waals surface area (Å²) in [6, 6.07) is 15.5. The predicted octanol–water partition coefficient (Wildman–Crippen LogP) is 3.95. The predicted molar refractivity (Wildman–Crippen MR) is 119 cm³/mol. The topological polar surface area (TPSA) is 81.1 Å². The van der Waals surface area contributed by atoms with Gasteiger partial charge in [-0.15, -0.1) is 10.2 Å². The first-order valence-corrected chi connectivity index (χ1v) is 10.9. The molecular formula is C22H25N5O2S. The molecule has 0 spiro atoms. The van der Waals surface area contributed by atoms with Gasteiger partial charge in [0.05, 0.1) is 12.6 Å². The van der Waals surface area contributed by atoms with Crippen LogP contribution in [0, 0.1) is 6.92 Å². The van der Waals surface area contributed by atoms with Crippen molar-refractivity contribution in [1.29, 1.82) is 0 Å². The minimum Gasteiger partial charge on any atom is -0.494 e. The van der Waals surface area contributed by atoms with E-state index >= 15 is 0 Å². The van der Waals surface area contributed by atoms with Crippen molar-refractivity contribution in [3.05, 3.63) is 65.5 Å². The highest BCUT2D eigenvalue weighted by atomic mass is 32.2. The number of hydrogen-bond acceptors (Lipinski definition) is 6. The van der Waals surface area contributed by atoms with Crippen LogP contribution in [0.5, 0.6) is 5.75 Å². The van der Waals surface area contributed by atoms with Gasteiger partial charge < -0.3 is 15.5 Å². The van der Waals surface area contributed by atoms with E-state index in [1.807, 2.05) is 67.1 Å². The number of carbonyl (C=O) groups excluding carboxylic acids is 1. The fraction of sp³-hybridized carbons (Fsp3) is 0.318. The minimum atomic E-state index is -0.412. The summed E-state index contributed by atoms with van der Waals surface area (Å²) in [5.74, 6) is 1.48. The molecule has 1 aromatic heterocycles.